The number of ether oxygens (including phenoxy) is 1. The minimum atomic E-state index is -0.0495. The van der Waals surface area contributed by atoms with E-state index >= 15 is 0 Å². The van der Waals surface area contributed by atoms with Crippen molar-refractivity contribution in [1.82, 2.24) is 19.4 Å². The molecule has 0 radical (unpaired) electrons. The van der Waals surface area contributed by atoms with Crippen LogP contribution >= 0.6 is 0 Å². The molecular weight excluding hydrogens is 280 g/mol. The average molecular weight is 306 g/mol. The Kier molecular flexibility index (Phi) is 4.78. The van der Waals surface area contributed by atoms with Crippen molar-refractivity contribution in [3.05, 3.63) is 18.2 Å². The predicted molar refractivity (Wildman–Crippen MR) is 83.7 cm³/mol. The Labute approximate surface area is 132 Å². The first-order chi connectivity index (χ1) is 10.7. The molecule has 122 valence electrons. The van der Waals surface area contributed by atoms with E-state index in [2.05, 4.69) is 14.5 Å². The second-order valence-corrected chi connectivity index (χ2v) is 6.29. The van der Waals surface area contributed by atoms with Crippen molar-refractivity contribution < 1.29 is 9.53 Å². The molecule has 0 N–H and O–H groups in total. The van der Waals surface area contributed by atoms with Crippen LogP contribution in [0.4, 0.5) is 0 Å². The molecule has 1 aromatic rings. The molecule has 22 heavy (non-hydrogen) atoms. The molecule has 6 nitrogen and oxygen atoms in total. The normalized spacial score (nSPS) is 25.2. The highest BCUT2D eigenvalue weighted by atomic mass is 16.5. The highest BCUT2D eigenvalue weighted by Gasteiger charge is 2.31. The largest absolute Gasteiger partial charge is 0.379 e. The Morgan fingerprint density at radius 1 is 1.36 bits per heavy atom. The Balaban J connectivity index is 1.63. The molecule has 2 saturated heterocycles. The minimum Gasteiger partial charge on any atom is -0.379 e. The lowest BCUT2D eigenvalue weighted by atomic mass is 10.0. The average Bonchev–Trinajstić information content (AvgIpc) is 3.00. The van der Waals surface area contributed by atoms with Crippen LogP contribution in [0, 0.1) is 6.92 Å². The number of imidazole rings is 1. The van der Waals surface area contributed by atoms with Crippen LogP contribution in [-0.2, 0) is 9.53 Å². The molecule has 2 fully saturated rings. The number of amides is 1. The summed E-state index contributed by atoms with van der Waals surface area (Å²) in [6.07, 6.45) is 6.04. The van der Waals surface area contributed by atoms with E-state index in [0.29, 0.717) is 6.04 Å². The van der Waals surface area contributed by atoms with Crippen LogP contribution in [0.5, 0.6) is 0 Å². The van der Waals surface area contributed by atoms with E-state index < -0.39 is 0 Å². The fourth-order valence-electron chi connectivity index (χ4n) is 3.54. The van der Waals surface area contributed by atoms with Crippen molar-refractivity contribution >= 4 is 5.91 Å². The molecule has 2 atom stereocenters. The summed E-state index contributed by atoms with van der Waals surface area (Å²) in [5.74, 6) is 1.28. The number of carbonyl (C=O) groups excluding carboxylic acids is 1. The molecule has 0 aromatic carbocycles. The van der Waals surface area contributed by atoms with E-state index in [1.54, 1.807) is 0 Å². The van der Waals surface area contributed by atoms with Gasteiger partial charge in [-0.2, -0.15) is 0 Å². The topological polar surface area (TPSA) is 50.6 Å². The van der Waals surface area contributed by atoms with Gasteiger partial charge in [-0.3, -0.25) is 9.69 Å². The van der Waals surface area contributed by atoms with E-state index in [-0.39, 0.29) is 11.9 Å². The standard InChI is InChI=1S/C16H26N4O2/c1-13(18-8-10-22-11-9-18)16(21)19-6-3-4-15(12-19)20-7-5-17-14(20)2/h5,7,13,15H,3-4,6,8-12H2,1-2H3/t13-,15+/m0/s1. The third-order valence-electron chi connectivity index (χ3n) is 4.91. The van der Waals surface area contributed by atoms with Gasteiger partial charge < -0.3 is 14.2 Å². The summed E-state index contributed by atoms with van der Waals surface area (Å²) in [6.45, 7) is 8.89. The van der Waals surface area contributed by atoms with E-state index in [9.17, 15) is 4.79 Å². The molecule has 3 rings (SSSR count). The fraction of sp³-hybridized carbons (Fsp3) is 0.750. The molecule has 0 saturated carbocycles. The molecule has 0 aliphatic carbocycles. The lowest BCUT2D eigenvalue weighted by molar-refractivity contribution is -0.139. The second kappa shape index (κ2) is 6.79. The highest BCUT2D eigenvalue weighted by molar-refractivity contribution is 5.81. The van der Waals surface area contributed by atoms with E-state index in [1.807, 2.05) is 31.1 Å². The summed E-state index contributed by atoms with van der Waals surface area (Å²) in [6, 6.07) is 0.309. The third-order valence-corrected chi connectivity index (χ3v) is 4.91. The molecule has 1 amide bonds. The number of aromatic nitrogens is 2. The summed E-state index contributed by atoms with van der Waals surface area (Å²) in [7, 11) is 0. The second-order valence-electron chi connectivity index (χ2n) is 6.29. The number of likely N-dealkylation sites (tertiary alicyclic amines) is 1. The van der Waals surface area contributed by atoms with Gasteiger partial charge in [-0.15, -0.1) is 0 Å². The summed E-state index contributed by atoms with van der Waals surface area (Å²) in [5.41, 5.74) is 0. The van der Waals surface area contributed by atoms with Crippen LogP contribution < -0.4 is 0 Å². The number of rotatable bonds is 3. The molecule has 0 bridgehead atoms. The number of hydrogen-bond donors (Lipinski definition) is 0. The fourth-order valence-corrected chi connectivity index (χ4v) is 3.54. The van der Waals surface area contributed by atoms with Crippen LogP contribution in [-0.4, -0.2) is 70.7 Å². The van der Waals surface area contributed by atoms with Gasteiger partial charge in [0, 0.05) is 38.6 Å². The van der Waals surface area contributed by atoms with Gasteiger partial charge in [0.25, 0.3) is 0 Å². The van der Waals surface area contributed by atoms with Crippen LogP contribution in [0.3, 0.4) is 0 Å². The number of morpholine rings is 1. The van der Waals surface area contributed by atoms with Crippen LogP contribution in [0.1, 0.15) is 31.6 Å². The quantitative estimate of drug-likeness (QED) is 0.838. The number of nitrogens with zero attached hydrogens (tertiary/aromatic N) is 4. The zero-order valence-electron chi connectivity index (χ0n) is 13.6. The molecule has 0 unspecified atom stereocenters. The maximum Gasteiger partial charge on any atom is 0.239 e. The lowest BCUT2D eigenvalue weighted by Crippen LogP contribution is -2.53. The molecule has 0 spiro atoms. The first-order valence-corrected chi connectivity index (χ1v) is 8.27. The maximum absolute atomic E-state index is 12.8. The minimum absolute atomic E-state index is 0.0495. The SMILES string of the molecule is Cc1nccn1[C@@H]1CCCN(C(=O)[C@H](C)N2CCOCC2)C1. The third kappa shape index (κ3) is 3.17. The van der Waals surface area contributed by atoms with Gasteiger partial charge in [0.05, 0.1) is 25.3 Å². The van der Waals surface area contributed by atoms with Gasteiger partial charge in [0.2, 0.25) is 5.91 Å². The number of aryl methyl sites for hydroxylation is 1. The lowest BCUT2D eigenvalue weighted by Gasteiger charge is -2.38. The smallest absolute Gasteiger partial charge is 0.239 e. The van der Waals surface area contributed by atoms with E-state index in [0.717, 1.165) is 58.1 Å². The van der Waals surface area contributed by atoms with Gasteiger partial charge in [-0.1, -0.05) is 0 Å². The Bertz CT molecular complexity index is 510. The zero-order valence-corrected chi connectivity index (χ0v) is 13.6. The van der Waals surface area contributed by atoms with E-state index in [1.165, 1.54) is 0 Å². The van der Waals surface area contributed by atoms with E-state index in [4.69, 9.17) is 4.74 Å². The molecular formula is C16H26N4O2. The van der Waals surface area contributed by atoms with Crippen LogP contribution in [0.15, 0.2) is 12.4 Å². The molecule has 2 aliphatic heterocycles. The Morgan fingerprint density at radius 2 is 2.14 bits per heavy atom. The molecule has 2 aliphatic rings. The predicted octanol–water partition coefficient (Wildman–Crippen LogP) is 1.08. The van der Waals surface area contributed by atoms with Crippen molar-refractivity contribution in [3.63, 3.8) is 0 Å². The maximum atomic E-state index is 12.8. The molecule has 1 aromatic heterocycles. The first-order valence-electron chi connectivity index (χ1n) is 8.27. The van der Waals surface area contributed by atoms with Crippen molar-refractivity contribution in [1.29, 1.82) is 0 Å². The molecule has 3 heterocycles. The first kappa shape index (κ1) is 15.5. The number of hydrogen-bond acceptors (Lipinski definition) is 4. The van der Waals surface area contributed by atoms with Crippen molar-refractivity contribution in [2.24, 2.45) is 0 Å². The van der Waals surface area contributed by atoms with Gasteiger partial charge >= 0.3 is 0 Å². The summed E-state index contributed by atoms with van der Waals surface area (Å²) in [5, 5.41) is 0. The van der Waals surface area contributed by atoms with Gasteiger partial charge in [-0.25, -0.2) is 4.98 Å². The van der Waals surface area contributed by atoms with Gasteiger partial charge in [0.15, 0.2) is 0 Å². The van der Waals surface area contributed by atoms with Gasteiger partial charge in [0.1, 0.15) is 5.82 Å². The van der Waals surface area contributed by atoms with Crippen molar-refractivity contribution in [2.75, 3.05) is 39.4 Å². The summed E-state index contributed by atoms with van der Waals surface area (Å²) in [4.78, 5) is 21.4. The van der Waals surface area contributed by atoms with Crippen molar-refractivity contribution in [3.8, 4) is 0 Å². The highest BCUT2D eigenvalue weighted by Crippen LogP contribution is 2.23. The molecule has 6 heteroatoms. The summed E-state index contributed by atoms with van der Waals surface area (Å²) >= 11 is 0. The van der Waals surface area contributed by atoms with Crippen LogP contribution in [0.25, 0.3) is 0 Å². The monoisotopic (exact) mass is 306 g/mol. The zero-order chi connectivity index (χ0) is 15.5. The summed E-state index contributed by atoms with van der Waals surface area (Å²) < 4.78 is 7.58. The number of carbonyl (C=O) groups is 1. The van der Waals surface area contributed by atoms with Crippen LogP contribution in [0.2, 0.25) is 0 Å². The number of piperidine rings is 1. The van der Waals surface area contributed by atoms with Gasteiger partial charge in [-0.05, 0) is 26.7 Å². The Hall–Kier alpha value is -1.40. The Morgan fingerprint density at radius 3 is 2.82 bits per heavy atom. The van der Waals surface area contributed by atoms with Crippen molar-refractivity contribution in [2.45, 2.75) is 38.8 Å².